The van der Waals surface area contributed by atoms with E-state index in [1.807, 2.05) is 0 Å². The number of rotatable bonds is 3. The lowest BCUT2D eigenvalue weighted by Crippen LogP contribution is -2.37. The van der Waals surface area contributed by atoms with Crippen molar-refractivity contribution < 1.29 is 95.8 Å². The topological polar surface area (TPSA) is 224 Å². The summed E-state index contributed by atoms with van der Waals surface area (Å²) in [6, 6.07) is 0. The largest absolute Gasteiger partial charge is 0.394 e. The molecule has 0 aromatic rings. The van der Waals surface area contributed by atoms with Gasteiger partial charge in [0.25, 0.3) is 0 Å². The summed E-state index contributed by atoms with van der Waals surface area (Å²) in [6.07, 6.45) is -0.913. The average molecular weight is 951 g/mol. The summed E-state index contributed by atoms with van der Waals surface area (Å²) < 4.78 is 93.1. The molecule has 3 unspecified atom stereocenters. The number of hydrogen-bond acceptors (Lipinski definition) is 22. The predicted octanol–water partition coefficient (Wildman–Crippen LogP) is -2.02. The standard InChI is InChI=1S/C19H38N2O7.C13H26O7.C11H22O6/c22-17-19-18-27-11-5-20-1-7-23-13-15-25-9-3-21(6-12-28-19)4-10-26-16-14-24-8-2-20;14-11-13-12-19-8-7-17-4-3-15-1-2-16-5-6-18-9-10-20-13;12-9-11-10-16-6-5-14-2-1-13-3-4-15-7-8-17-11/h19,22H,1-18H2;13-14H,1-12H2;11-12H,1-10H2. The highest BCUT2D eigenvalue weighted by Gasteiger charge is 2.14. The van der Waals surface area contributed by atoms with Gasteiger partial charge in [-0.15, -0.1) is 0 Å². The first-order chi connectivity index (χ1) is 32.2. The summed E-state index contributed by atoms with van der Waals surface area (Å²) in [6.45, 7) is 21.1. The Hall–Kier alpha value is -0.880. The van der Waals surface area contributed by atoms with Crippen molar-refractivity contribution in [3.05, 3.63) is 0 Å². The van der Waals surface area contributed by atoms with Crippen LogP contribution in [0.2, 0.25) is 0 Å². The Balaban J connectivity index is 0.000000348. The van der Waals surface area contributed by atoms with Crippen molar-refractivity contribution in [2.45, 2.75) is 18.3 Å². The van der Waals surface area contributed by atoms with Crippen LogP contribution in [0.5, 0.6) is 0 Å². The van der Waals surface area contributed by atoms with E-state index in [9.17, 15) is 5.11 Å². The Labute approximate surface area is 387 Å². The second-order valence-corrected chi connectivity index (χ2v) is 14.7. The first-order valence-corrected chi connectivity index (χ1v) is 23.5. The molecule has 388 valence electrons. The fourth-order valence-electron chi connectivity index (χ4n) is 5.82. The summed E-state index contributed by atoms with van der Waals surface area (Å²) in [7, 11) is 0. The van der Waals surface area contributed by atoms with Crippen molar-refractivity contribution in [2.75, 3.05) is 264 Å². The molecule has 5 aliphatic rings. The highest BCUT2D eigenvalue weighted by atomic mass is 16.6. The normalized spacial score (nSPS) is 28.9. The Morgan fingerprint density at radius 3 is 0.692 bits per heavy atom. The van der Waals surface area contributed by atoms with Crippen LogP contribution in [-0.2, 0) is 80.5 Å². The summed E-state index contributed by atoms with van der Waals surface area (Å²) in [4.78, 5) is 4.52. The Kier molecular flexibility index (Phi) is 44.6. The zero-order valence-electron chi connectivity index (χ0n) is 39.2. The van der Waals surface area contributed by atoms with Crippen LogP contribution >= 0.6 is 0 Å². The van der Waals surface area contributed by atoms with Crippen molar-refractivity contribution in [3.8, 4) is 0 Å². The van der Waals surface area contributed by atoms with E-state index in [0.29, 0.717) is 205 Å². The van der Waals surface area contributed by atoms with Crippen LogP contribution < -0.4 is 0 Å². The van der Waals surface area contributed by atoms with Crippen LogP contribution in [0.25, 0.3) is 0 Å². The van der Waals surface area contributed by atoms with Crippen LogP contribution in [0.1, 0.15) is 0 Å². The summed E-state index contributed by atoms with van der Waals surface area (Å²) in [5, 5.41) is 27.7. The lowest BCUT2D eigenvalue weighted by Gasteiger charge is -2.25. The van der Waals surface area contributed by atoms with Gasteiger partial charge in [0.05, 0.1) is 225 Å². The Bertz CT molecular complexity index is 904. The monoisotopic (exact) mass is 951 g/mol. The van der Waals surface area contributed by atoms with Gasteiger partial charge in [-0.05, 0) is 0 Å². The van der Waals surface area contributed by atoms with Gasteiger partial charge in [0.1, 0.15) is 18.3 Å². The molecule has 0 amide bonds. The minimum absolute atomic E-state index is 0.0440. The molecular formula is C43H86N2O20. The maximum atomic E-state index is 9.53. The molecule has 5 fully saturated rings. The molecule has 0 radical (unpaired) electrons. The number of aliphatic hydroxyl groups excluding tert-OH is 3. The Morgan fingerprint density at radius 2 is 0.415 bits per heavy atom. The molecule has 3 N–H and O–H groups in total. The van der Waals surface area contributed by atoms with Gasteiger partial charge in [-0.1, -0.05) is 0 Å². The number of hydrogen-bond donors (Lipinski definition) is 3. The van der Waals surface area contributed by atoms with E-state index in [4.69, 9.17) is 90.7 Å². The van der Waals surface area contributed by atoms with Crippen molar-refractivity contribution >= 4 is 0 Å². The van der Waals surface area contributed by atoms with Crippen LogP contribution in [-0.4, -0.2) is 307 Å². The molecule has 2 bridgehead atoms. The molecule has 0 spiro atoms. The minimum Gasteiger partial charge on any atom is -0.394 e. The molecule has 3 atom stereocenters. The van der Waals surface area contributed by atoms with Gasteiger partial charge < -0.3 is 95.8 Å². The molecule has 5 aliphatic heterocycles. The molecule has 0 aromatic heterocycles. The molecule has 5 rings (SSSR count). The van der Waals surface area contributed by atoms with E-state index in [2.05, 4.69) is 9.80 Å². The van der Waals surface area contributed by atoms with E-state index in [0.717, 1.165) is 39.3 Å². The third-order valence-electron chi connectivity index (χ3n) is 9.55. The molecule has 5 heterocycles. The Morgan fingerprint density at radius 1 is 0.231 bits per heavy atom. The van der Waals surface area contributed by atoms with Crippen molar-refractivity contribution in [2.24, 2.45) is 0 Å². The highest BCUT2D eigenvalue weighted by molar-refractivity contribution is 4.63. The van der Waals surface area contributed by atoms with Gasteiger partial charge in [0, 0.05) is 39.3 Å². The van der Waals surface area contributed by atoms with Gasteiger partial charge >= 0.3 is 0 Å². The number of ether oxygens (including phenoxy) is 17. The number of fused-ring (bicyclic) bond motifs is 21. The van der Waals surface area contributed by atoms with Crippen molar-refractivity contribution in [1.82, 2.24) is 9.80 Å². The van der Waals surface area contributed by atoms with E-state index in [1.165, 1.54) is 0 Å². The zero-order valence-corrected chi connectivity index (χ0v) is 39.2. The second-order valence-electron chi connectivity index (χ2n) is 14.7. The lowest BCUT2D eigenvalue weighted by molar-refractivity contribution is -0.0740. The quantitative estimate of drug-likeness (QED) is 0.278. The van der Waals surface area contributed by atoms with E-state index in [1.54, 1.807) is 0 Å². The third kappa shape index (κ3) is 39.6. The summed E-state index contributed by atoms with van der Waals surface area (Å²) in [5.41, 5.74) is 0. The summed E-state index contributed by atoms with van der Waals surface area (Å²) >= 11 is 0. The molecular weight excluding hydrogens is 864 g/mol. The van der Waals surface area contributed by atoms with Crippen LogP contribution in [0, 0.1) is 0 Å². The molecule has 0 aromatic carbocycles. The summed E-state index contributed by atoms with van der Waals surface area (Å²) in [5.74, 6) is 0. The van der Waals surface area contributed by atoms with Gasteiger partial charge in [-0.2, -0.15) is 0 Å². The molecule has 0 aliphatic carbocycles. The van der Waals surface area contributed by atoms with Crippen molar-refractivity contribution in [1.29, 1.82) is 0 Å². The molecule has 65 heavy (non-hydrogen) atoms. The van der Waals surface area contributed by atoms with Gasteiger partial charge in [-0.25, -0.2) is 0 Å². The molecule has 22 nitrogen and oxygen atoms in total. The second kappa shape index (κ2) is 48.2. The van der Waals surface area contributed by atoms with Crippen LogP contribution in [0.4, 0.5) is 0 Å². The molecule has 22 heteroatoms. The zero-order chi connectivity index (χ0) is 46.2. The van der Waals surface area contributed by atoms with Gasteiger partial charge in [0.15, 0.2) is 0 Å². The van der Waals surface area contributed by atoms with Crippen LogP contribution in [0.15, 0.2) is 0 Å². The van der Waals surface area contributed by atoms with E-state index in [-0.39, 0.29) is 38.1 Å². The van der Waals surface area contributed by atoms with Gasteiger partial charge in [-0.3, -0.25) is 9.80 Å². The average Bonchev–Trinajstić information content (AvgIpc) is 3.33. The van der Waals surface area contributed by atoms with E-state index >= 15 is 0 Å². The maximum absolute atomic E-state index is 9.53. The minimum atomic E-state index is -0.322. The van der Waals surface area contributed by atoms with Crippen LogP contribution in [0.3, 0.4) is 0 Å². The molecule has 5 saturated heterocycles. The number of nitrogens with zero attached hydrogens (tertiary/aromatic N) is 2. The molecule has 0 saturated carbocycles. The first-order valence-electron chi connectivity index (χ1n) is 23.5. The smallest absolute Gasteiger partial charge is 0.104 e. The first kappa shape index (κ1) is 60.2. The van der Waals surface area contributed by atoms with E-state index < -0.39 is 0 Å². The van der Waals surface area contributed by atoms with Crippen molar-refractivity contribution in [3.63, 3.8) is 0 Å². The number of aliphatic hydroxyl groups is 3. The van der Waals surface area contributed by atoms with Gasteiger partial charge in [0.2, 0.25) is 0 Å². The predicted molar refractivity (Wildman–Crippen MR) is 235 cm³/mol. The fourth-order valence-corrected chi connectivity index (χ4v) is 5.82. The fraction of sp³-hybridized carbons (Fsp3) is 1.00. The SMILES string of the molecule is OCC1COCCN2CCOCCOCCN(CCOCCOCC2)CCO1.OCC1COCCOCCOCCOCCO1.OCC1COCCOCCOCCOCCOCCO1. The highest BCUT2D eigenvalue weighted by Crippen LogP contribution is 2.00. The maximum Gasteiger partial charge on any atom is 0.104 e. The third-order valence-corrected chi connectivity index (χ3v) is 9.55. The lowest BCUT2D eigenvalue weighted by atomic mass is 10.4.